The van der Waals surface area contributed by atoms with Gasteiger partial charge in [-0.3, -0.25) is 0 Å². The molecule has 4 rings (SSSR count). The smallest absolute Gasteiger partial charge is 0.157 e. The fourth-order valence-electron chi connectivity index (χ4n) is 2.85. The lowest BCUT2D eigenvalue weighted by molar-refractivity contribution is 1.22. The van der Waals surface area contributed by atoms with Crippen molar-refractivity contribution in [2.24, 2.45) is 0 Å². The largest absolute Gasteiger partial charge is 0.233 e. The molecule has 3 aromatic carbocycles. The van der Waals surface area contributed by atoms with Gasteiger partial charge in [0, 0.05) is 28.5 Å². The highest BCUT2D eigenvalue weighted by atomic mass is 35.5. The van der Waals surface area contributed by atoms with Crippen LogP contribution in [0, 0.1) is 0 Å². The summed E-state index contributed by atoms with van der Waals surface area (Å²) in [6, 6.07) is 27.6. The summed E-state index contributed by atoms with van der Waals surface area (Å²) in [5.74, 6) is 0.630. The minimum atomic E-state index is 0.619. The molecule has 0 N–H and O–H groups in total. The Labute approximate surface area is 156 Å². The molecular weight excluding hydrogens is 351 g/mol. The van der Waals surface area contributed by atoms with Crippen molar-refractivity contribution in [2.75, 3.05) is 0 Å². The third-order valence-electron chi connectivity index (χ3n) is 4.03. The Morgan fingerprint density at radius 3 is 1.88 bits per heavy atom. The number of imidazole rings is 1. The predicted molar refractivity (Wildman–Crippen MR) is 105 cm³/mol. The first-order valence-corrected chi connectivity index (χ1v) is 8.62. The molecule has 0 fully saturated rings. The molecule has 0 unspecified atom stereocenters. The van der Waals surface area contributed by atoms with Crippen molar-refractivity contribution in [3.05, 3.63) is 90.0 Å². The molecule has 0 aliphatic heterocycles. The molecular formula is C21H14Cl2N2. The Hall–Kier alpha value is -2.55. The molecule has 0 saturated carbocycles. The average Bonchev–Trinajstić information content (AvgIpc) is 3.01. The molecule has 1 aromatic heterocycles. The van der Waals surface area contributed by atoms with Crippen LogP contribution in [0.5, 0.6) is 0 Å². The van der Waals surface area contributed by atoms with E-state index in [4.69, 9.17) is 28.4 Å². The van der Waals surface area contributed by atoms with Gasteiger partial charge in [0.05, 0.1) is 16.4 Å². The van der Waals surface area contributed by atoms with Gasteiger partial charge < -0.3 is 0 Å². The van der Waals surface area contributed by atoms with Crippen molar-refractivity contribution < 1.29 is 0 Å². The molecule has 25 heavy (non-hydrogen) atoms. The van der Waals surface area contributed by atoms with Crippen LogP contribution in [-0.4, -0.2) is 9.07 Å². The van der Waals surface area contributed by atoms with Gasteiger partial charge >= 0.3 is 0 Å². The van der Waals surface area contributed by atoms with E-state index in [0.29, 0.717) is 10.8 Å². The molecule has 4 aromatic rings. The van der Waals surface area contributed by atoms with Crippen LogP contribution in [0.1, 0.15) is 0 Å². The van der Waals surface area contributed by atoms with Crippen LogP contribution in [-0.2, 0) is 0 Å². The summed E-state index contributed by atoms with van der Waals surface area (Å²) in [4.78, 5) is 4.83. The van der Waals surface area contributed by atoms with E-state index in [2.05, 4.69) is 0 Å². The molecule has 122 valence electrons. The van der Waals surface area contributed by atoms with E-state index in [1.54, 1.807) is 4.09 Å². The minimum Gasteiger partial charge on any atom is -0.233 e. The summed E-state index contributed by atoms with van der Waals surface area (Å²) in [5, 5.41) is 0.619. The number of aromatic nitrogens is 2. The van der Waals surface area contributed by atoms with E-state index in [-0.39, 0.29) is 0 Å². The van der Waals surface area contributed by atoms with Crippen molar-refractivity contribution in [1.82, 2.24) is 9.07 Å². The second kappa shape index (κ2) is 6.75. The van der Waals surface area contributed by atoms with Crippen LogP contribution in [0.4, 0.5) is 0 Å². The zero-order chi connectivity index (χ0) is 17.2. The van der Waals surface area contributed by atoms with Crippen molar-refractivity contribution in [3.63, 3.8) is 0 Å². The maximum atomic E-state index is 6.72. The molecule has 0 atom stereocenters. The quantitative estimate of drug-likeness (QED) is 0.403. The second-order valence-corrected chi connectivity index (χ2v) is 6.37. The molecule has 0 radical (unpaired) electrons. The third-order valence-corrected chi connectivity index (χ3v) is 4.69. The van der Waals surface area contributed by atoms with Gasteiger partial charge in [-0.05, 0) is 12.1 Å². The summed E-state index contributed by atoms with van der Waals surface area (Å²) < 4.78 is 1.60. The normalized spacial score (nSPS) is 10.8. The van der Waals surface area contributed by atoms with Crippen molar-refractivity contribution in [3.8, 4) is 33.9 Å². The van der Waals surface area contributed by atoms with Crippen LogP contribution in [0.25, 0.3) is 33.9 Å². The minimum absolute atomic E-state index is 0.619. The number of rotatable bonds is 3. The van der Waals surface area contributed by atoms with E-state index in [1.807, 2.05) is 84.9 Å². The van der Waals surface area contributed by atoms with Crippen molar-refractivity contribution in [1.29, 1.82) is 0 Å². The molecule has 0 aliphatic carbocycles. The Morgan fingerprint density at radius 1 is 0.680 bits per heavy atom. The topological polar surface area (TPSA) is 17.8 Å². The molecule has 4 heteroatoms. The van der Waals surface area contributed by atoms with Crippen molar-refractivity contribution >= 4 is 23.4 Å². The number of halogens is 2. The fraction of sp³-hybridized carbons (Fsp3) is 0. The van der Waals surface area contributed by atoms with E-state index in [0.717, 1.165) is 28.1 Å². The van der Waals surface area contributed by atoms with Crippen molar-refractivity contribution in [2.45, 2.75) is 0 Å². The Balaban J connectivity index is 2.01. The summed E-state index contributed by atoms with van der Waals surface area (Å²) >= 11 is 13.1. The lowest BCUT2D eigenvalue weighted by Crippen LogP contribution is -1.90. The molecule has 0 spiro atoms. The average molecular weight is 365 g/mol. The summed E-state index contributed by atoms with van der Waals surface area (Å²) in [6.07, 6.45) is 0. The Kier molecular flexibility index (Phi) is 4.31. The van der Waals surface area contributed by atoms with Gasteiger partial charge in [-0.15, -0.1) is 0 Å². The first kappa shape index (κ1) is 15.9. The summed E-state index contributed by atoms with van der Waals surface area (Å²) in [5.41, 5.74) is 4.50. The lowest BCUT2D eigenvalue weighted by atomic mass is 10.1. The number of hydrogen-bond acceptors (Lipinski definition) is 1. The molecule has 0 aliphatic rings. The highest BCUT2D eigenvalue weighted by Gasteiger charge is 2.21. The zero-order valence-electron chi connectivity index (χ0n) is 13.2. The third kappa shape index (κ3) is 2.95. The van der Waals surface area contributed by atoms with Crippen LogP contribution >= 0.6 is 23.4 Å². The Bertz CT molecular complexity index is 1010. The van der Waals surface area contributed by atoms with Gasteiger partial charge in [0.2, 0.25) is 0 Å². The number of benzene rings is 3. The van der Waals surface area contributed by atoms with E-state index in [9.17, 15) is 0 Å². The summed E-state index contributed by atoms with van der Waals surface area (Å²) in [6.45, 7) is 0. The van der Waals surface area contributed by atoms with E-state index < -0.39 is 0 Å². The number of hydrogen-bond donors (Lipinski definition) is 0. The monoisotopic (exact) mass is 364 g/mol. The number of nitrogens with zero attached hydrogens (tertiary/aromatic N) is 2. The lowest BCUT2D eigenvalue weighted by Gasteiger charge is -2.06. The van der Waals surface area contributed by atoms with Gasteiger partial charge in [0.15, 0.2) is 5.82 Å². The summed E-state index contributed by atoms with van der Waals surface area (Å²) in [7, 11) is 0. The Morgan fingerprint density at radius 2 is 1.24 bits per heavy atom. The SMILES string of the molecule is Clc1ccccc1-c1nc(-c2ccccc2)c(-c2ccccc2)n1Cl. The van der Waals surface area contributed by atoms with Crippen LogP contribution < -0.4 is 0 Å². The van der Waals surface area contributed by atoms with Gasteiger partial charge in [0.1, 0.15) is 0 Å². The fourth-order valence-corrected chi connectivity index (χ4v) is 3.38. The van der Waals surface area contributed by atoms with Crippen LogP contribution in [0.2, 0.25) is 5.02 Å². The second-order valence-electron chi connectivity index (χ2n) is 5.63. The maximum Gasteiger partial charge on any atom is 0.157 e. The van der Waals surface area contributed by atoms with Gasteiger partial charge in [-0.2, -0.15) is 0 Å². The van der Waals surface area contributed by atoms with Gasteiger partial charge in [0.25, 0.3) is 0 Å². The first-order chi connectivity index (χ1) is 12.3. The molecule has 0 bridgehead atoms. The first-order valence-electron chi connectivity index (χ1n) is 7.90. The predicted octanol–water partition coefficient (Wildman–Crippen LogP) is 6.54. The van der Waals surface area contributed by atoms with Gasteiger partial charge in [-0.25, -0.2) is 9.07 Å². The van der Waals surface area contributed by atoms with E-state index >= 15 is 0 Å². The molecule has 0 saturated heterocycles. The zero-order valence-corrected chi connectivity index (χ0v) is 14.7. The highest BCUT2D eigenvalue weighted by Crippen LogP contribution is 2.38. The molecule has 0 amide bonds. The van der Waals surface area contributed by atoms with Crippen LogP contribution in [0.3, 0.4) is 0 Å². The van der Waals surface area contributed by atoms with Crippen LogP contribution in [0.15, 0.2) is 84.9 Å². The molecule has 2 nitrogen and oxygen atoms in total. The standard InChI is InChI=1S/C21H14Cl2N2/c22-18-14-8-7-13-17(18)21-24-19(15-9-3-1-4-10-15)20(25(21)23)16-11-5-2-6-12-16/h1-14H. The molecule has 1 heterocycles. The van der Waals surface area contributed by atoms with Gasteiger partial charge in [-0.1, -0.05) is 84.4 Å². The van der Waals surface area contributed by atoms with E-state index in [1.165, 1.54) is 0 Å². The highest BCUT2D eigenvalue weighted by molar-refractivity contribution is 6.33. The maximum absolute atomic E-state index is 6.72.